The average Bonchev–Trinajstić information content (AvgIpc) is 2.14. The van der Waals surface area contributed by atoms with Gasteiger partial charge in [0.15, 0.2) is 0 Å². The lowest BCUT2D eigenvalue weighted by Crippen LogP contribution is -2.11. The molecule has 1 nitrogen and oxygen atoms in total. The van der Waals surface area contributed by atoms with Crippen molar-refractivity contribution in [1.82, 2.24) is 0 Å². The molecule has 0 amide bonds. The quantitative estimate of drug-likeness (QED) is 0.552. The normalized spacial score (nSPS) is 33.8. The Hall–Kier alpha value is -0.300. The molecule has 0 aromatic rings. The summed E-state index contributed by atoms with van der Waals surface area (Å²) in [7, 11) is 0. The van der Waals surface area contributed by atoms with Gasteiger partial charge < -0.3 is 5.73 Å². The van der Waals surface area contributed by atoms with Gasteiger partial charge in [0.2, 0.25) is 0 Å². The van der Waals surface area contributed by atoms with E-state index in [1.807, 2.05) is 0 Å². The van der Waals surface area contributed by atoms with E-state index in [-0.39, 0.29) is 0 Å². The van der Waals surface area contributed by atoms with E-state index in [9.17, 15) is 0 Å². The molecule has 2 N–H and O–H groups in total. The maximum Gasteiger partial charge on any atom is -0.00142 e. The first-order valence-electron chi connectivity index (χ1n) is 4.19. The number of hydrogen-bond donors (Lipinski definition) is 1. The molecule has 0 bridgehead atoms. The molecule has 0 fully saturated rings. The second kappa shape index (κ2) is 3.77. The lowest BCUT2D eigenvalue weighted by molar-refractivity contribution is 0.481. The van der Waals surface area contributed by atoms with Crippen LogP contribution in [-0.4, -0.2) is 6.54 Å². The first-order chi connectivity index (χ1) is 4.83. The summed E-state index contributed by atoms with van der Waals surface area (Å²) in [6.45, 7) is 3.13. The molecular weight excluding hydrogens is 122 g/mol. The Morgan fingerprint density at radius 1 is 1.50 bits per heavy atom. The van der Waals surface area contributed by atoms with E-state index < -0.39 is 0 Å². The van der Waals surface area contributed by atoms with E-state index in [0.717, 1.165) is 12.5 Å². The van der Waals surface area contributed by atoms with Gasteiger partial charge in [0.25, 0.3) is 0 Å². The molecule has 0 radical (unpaired) electrons. The van der Waals surface area contributed by atoms with Crippen LogP contribution in [0.5, 0.6) is 0 Å². The zero-order valence-corrected chi connectivity index (χ0v) is 6.72. The van der Waals surface area contributed by atoms with E-state index in [4.69, 9.17) is 5.73 Å². The standard InChI is InChI=1S/C9H17N/c1-8-3-2-4-9(7-10)6-5-8/h2,4,8-9H,3,5-7,10H2,1H3. The van der Waals surface area contributed by atoms with Crippen molar-refractivity contribution in [3.05, 3.63) is 12.2 Å². The molecule has 0 aromatic heterocycles. The second-order valence-corrected chi connectivity index (χ2v) is 3.34. The zero-order chi connectivity index (χ0) is 7.40. The summed E-state index contributed by atoms with van der Waals surface area (Å²) in [4.78, 5) is 0. The predicted molar refractivity (Wildman–Crippen MR) is 44.7 cm³/mol. The van der Waals surface area contributed by atoms with Crippen LogP contribution >= 0.6 is 0 Å². The van der Waals surface area contributed by atoms with Crippen molar-refractivity contribution in [2.24, 2.45) is 17.6 Å². The van der Waals surface area contributed by atoms with E-state index in [1.165, 1.54) is 19.3 Å². The summed E-state index contributed by atoms with van der Waals surface area (Å²) in [5.41, 5.74) is 5.57. The Morgan fingerprint density at radius 2 is 2.30 bits per heavy atom. The van der Waals surface area contributed by atoms with Crippen molar-refractivity contribution in [2.75, 3.05) is 6.54 Å². The fraction of sp³-hybridized carbons (Fsp3) is 0.778. The van der Waals surface area contributed by atoms with Crippen molar-refractivity contribution in [3.8, 4) is 0 Å². The van der Waals surface area contributed by atoms with Crippen LogP contribution in [0.15, 0.2) is 12.2 Å². The van der Waals surface area contributed by atoms with E-state index in [1.54, 1.807) is 0 Å². The fourth-order valence-electron chi connectivity index (χ4n) is 1.41. The van der Waals surface area contributed by atoms with Gasteiger partial charge in [0.1, 0.15) is 0 Å². The van der Waals surface area contributed by atoms with Gasteiger partial charge in [-0.05, 0) is 37.6 Å². The third-order valence-corrected chi connectivity index (χ3v) is 2.28. The molecule has 1 aliphatic rings. The van der Waals surface area contributed by atoms with E-state index in [2.05, 4.69) is 19.1 Å². The largest absolute Gasteiger partial charge is 0.330 e. The first-order valence-corrected chi connectivity index (χ1v) is 4.19. The molecule has 1 rings (SSSR count). The van der Waals surface area contributed by atoms with Gasteiger partial charge in [-0.1, -0.05) is 19.1 Å². The smallest absolute Gasteiger partial charge is 0.00142 e. The topological polar surface area (TPSA) is 26.0 Å². The van der Waals surface area contributed by atoms with Gasteiger partial charge in [-0.2, -0.15) is 0 Å². The minimum absolute atomic E-state index is 0.657. The monoisotopic (exact) mass is 139 g/mol. The van der Waals surface area contributed by atoms with Gasteiger partial charge in [-0.25, -0.2) is 0 Å². The Morgan fingerprint density at radius 3 is 3.00 bits per heavy atom. The minimum Gasteiger partial charge on any atom is -0.330 e. The maximum absolute atomic E-state index is 5.57. The van der Waals surface area contributed by atoms with Crippen LogP contribution in [0.1, 0.15) is 26.2 Å². The summed E-state index contributed by atoms with van der Waals surface area (Å²) in [5.74, 6) is 1.53. The van der Waals surface area contributed by atoms with Crippen LogP contribution in [0, 0.1) is 11.8 Å². The molecule has 0 heterocycles. The number of hydrogen-bond acceptors (Lipinski definition) is 1. The molecule has 0 aliphatic heterocycles. The molecule has 58 valence electrons. The van der Waals surface area contributed by atoms with Crippen molar-refractivity contribution in [2.45, 2.75) is 26.2 Å². The van der Waals surface area contributed by atoms with Gasteiger partial charge >= 0.3 is 0 Å². The fourth-order valence-corrected chi connectivity index (χ4v) is 1.41. The molecule has 0 saturated carbocycles. The van der Waals surface area contributed by atoms with Crippen molar-refractivity contribution in [3.63, 3.8) is 0 Å². The molecule has 0 spiro atoms. The molecular formula is C9H17N. The summed E-state index contributed by atoms with van der Waals surface area (Å²) >= 11 is 0. The Labute approximate surface area is 63.3 Å². The Balaban J connectivity index is 2.38. The minimum atomic E-state index is 0.657. The maximum atomic E-state index is 5.57. The highest BCUT2D eigenvalue weighted by Gasteiger charge is 2.09. The number of rotatable bonds is 1. The summed E-state index contributed by atoms with van der Waals surface area (Å²) in [6.07, 6.45) is 8.44. The summed E-state index contributed by atoms with van der Waals surface area (Å²) < 4.78 is 0. The highest BCUT2D eigenvalue weighted by molar-refractivity contribution is 4.92. The average molecular weight is 139 g/mol. The van der Waals surface area contributed by atoms with Crippen molar-refractivity contribution < 1.29 is 0 Å². The van der Waals surface area contributed by atoms with Crippen molar-refractivity contribution in [1.29, 1.82) is 0 Å². The Bertz CT molecular complexity index is 118. The molecule has 2 unspecified atom stereocenters. The lowest BCUT2D eigenvalue weighted by Gasteiger charge is -2.08. The van der Waals surface area contributed by atoms with Crippen LogP contribution in [0.4, 0.5) is 0 Å². The Kier molecular flexibility index (Phi) is 2.94. The van der Waals surface area contributed by atoms with Crippen LogP contribution in [0.2, 0.25) is 0 Å². The molecule has 2 atom stereocenters. The van der Waals surface area contributed by atoms with Crippen LogP contribution in [-0.2, 0) is 0 Å². The summed E-state index contributed by atoms with van der Waals surface area (Å²) in [6, 6.07) is 0. The SMILES string of the molecule is CC1CC=CC(CN)CC1. The predicted octanol–water partition coefficient (Wildman–Crippen LogP) is 1.94. The first kappa shape index (κ1) is 7.80. The van der Waals surface area contributed by atoms with Gasteiger partial charge in [0, 0.05) is 0 Å². The summed E-state index contributed by atoms with van der Waals surface area (Å²) in [5, 5.41) is 0. The highest BCUT2D eigenvalue weighted by atomic mass is 14.5. The van der Waals surface area contributed by atoms with E-state index >= 15 is 0 Å². The highest BCUT2D eigenvalue weighted by Crippen LogP contribution is 2.20. The van der Waals surface area contributed by atoms with E-state index in [0.29, 0.717) is 5.92 Å². The van der Waals surface area contributed by atoms with Crippen LogP contribution in [0.25, 0.3) is 0 Å². The van der Waals surface area contributed by atoms with Gasteiger partial charge in [0.05, 0.1) is 0 Å². The van der Waals surface area contributed by atoms with Crippen LogP contribution in [0.3, 0.4) is 0 Å². The second-order valence-electron chi connectivity index (χ2n) is 3.34. The van der Waals surface area contributed by atoms with Gasteiger partial charge in [-0.3, -0.25) is 0 Å². The zero-order valence-electron chi connectivity index (χ0n) is 6.72. The van der Waals surface area contributed by atoms with Crippen LogP contribution < -0.4 is 5.73 Å². The third-order valence-electron chi connectivity index (χ3n) is 2.28. The molecule has 0 aromatic carbocycles. The number of nitrogens with two attached hydrogens (primary N) is 1. The molecule has 10 heavy (non-hydrogen) atoms. The van der Waals surface area contributed by atoms with Gasteiger partial charge in [-0.15, -0.1) is 0 Å². The molecule has 1 heteroatoms. The van der Waals surface area contributed by atoms with Crippen molar-refractivity contribution >= 4 is 0 Å². The third kappa shape index (κ3) is 2.14. The number of allylic oxidation sites excluding steroid dienone is 1. The lowest BCUT2D eigenvalue weighted by atomic mass is 9.99. The molecule has 1 aliphatic carbocycles. The molecule has 0 saturated heterocycles.